The first kappa shape index (κ1) is 19.7. The van der Waals surface area contributed by atoms with Gasteiger partial charge in [0.25, 0.3) is 0 Å². The van der Waals surface area contributed by atoms with Crippen LogP contribution in [-0.4, -0.2) is 34.9 Å². The fraction of sp³-hybridized carbons (Fsp3) is 0.0952. The first-order valence-corrected chi connectivity index (χ1v) is 9.54. The molecule has 160 valence electrons. The van der Waals surface area contributed by atoms with Crippen molar-refractivity contribution in [1.29, 1.82) is 0 Å². The number of hydrogen-bond acceptors (Lipinski definition) is 6. The lowest BCUT2D eigenvalue weighted by Gasteiger charge is -2.19. The lowest BCUT2D eigenvalue weighted by atomic mass is 10.0. The van der Waals surface area contributed by atoms with Crippen LogP contribution in [0.5, 0.6) is 0 Å². The Balaban J connectivity index is 1.58. The quantitative estimate of drug-likeness (QED) is 0.430. The predicted octanol–water partition coefficient (Wildman–Crippen LogP) is 4.15. The van der Waals surface area contributed by atoms with E-state index in [1.54, 1.807) is 16.9 Å². The number of hydrogen-bond donors (Lipinski definition) is 2. The molecule has 8 nitrogen and oxygen atoms in total. The van der Waals surface area contributed by atoms with Crippen LogP contribution >= 0.6 is 0 Å². The van der Waals surface area contributed by atoms with Crippen LogP contribution in [0.3, 0.4) is 0 Å². The smallest absolute Gasteiger partial charge is 0.355 e. The van der Waals surface area contributed by atoms with Gasteiger partial charge in [-0.05, 0) is 29.8 Å². The highest BCUT2D eigenvalue weighted by molar-refractivity contribution is 5.87. The summed E-state index contributed by atoms with van der Waals surface area (Å²) in [7, 11) is 0. The van der Waals surface area contributed by atoms with Crippen LogP contribution in [0.4, 0.5) is 19.0 Å². The molecule has 5 rings (SSSR count). The predicted molar refractivity (Wildman–Crippen MR) is 110 cm³/mol. The first-order valence-electron chi connectivity index (χ1n) is 9.54. The van der Waals surface area contributed by atoms with Gasteiger partial charge in [0.2, 0.25) is 0 Å². The molecule has 11 heteroatoms. The van der Waals surface area contributed by atoms with E-state index in [0.29, 0.717) is 28.2 Å². The number of aromatic nitrogens is 7. The number of alkyl halides is 3. The highest BCUT2D eigenvalue weighted by atomic mass is 19.4. The van der Waals surface area contributed by atoms with Gasteiger partial charge in [0, 0.05) is 0 Å². The molecular formula is C21H15F3N8. The van der Waals surface area contributed by atoms with Gasteiger partial charge in [0.15, 0.2) is 11.5 Å². The monoisotopic (exact) mass is 436 g/mol. The maximum absolute atomic E-state index is 13.3. The van der Waals surface area contributed by atoms with Crippen molar-refractivity contribution in [2.24, 2.45) is 0 Å². The number of nitrogens with one attached hydrogen (secondary N) is 2. The Morgan fingerprint density at radius 1 is 0.938 bits per heavy atom. The average molecular weight is 436 g/mol. The average Bonchev–Trinajstić information content (AvgIpc) is 3.48. The molecule has 5 aromatic rings. The molecule has 0 aliphatic carbocycles. The van der Waals surface area contributed by atoms with E-state index in [9.17, 15) is 13.2 Å². The van der Waals surface area contributed by atoms with E-state index in [0.717, 1.165) is 17.8 Å². The van der Waals surface area contributed by atoms with Crippen LogP contribution in [0.1, 0.15) is 23.0 Å². The number of nitrogens with zero attached hydrogens (tertiary/aromatic N) is 6. The van der Waals surface area contributed by atoms with Gasteiger partial charge in [0.1, 0.15) is 24.5 Å². The molecule has 0 saturated carbocycles. The number of rotatable bonds is 5. The van der Waals surface area contributed by atoms with Crippen LogP contribution in [-0.2, 0) is 6.18 Å². The Hall–Kier alpha value is -4.28. The van der Waals surface area contributed by atoms with Crippen molar-refractivity contribution in [3.63, 3.8) is 0 Å². The summed E-state index contributed by atoms with van der Waals surface area (Å²) in [5.41, 5.74) is 0.954. The number of aromatic amines is 1. The van der Waals surface area contributed by atoms with E-state index >= 15 is 0 Å². The summed E-state index contributed by atoms with van der Waals surface area (Å²) in [6.45, 7) is 0. The second-order valence-corrected chi connectivity index (χ2v) is 6.92. The van der Waals surface area contributed by atoms with Crippen LogP contribution < -0.4 is 5.32 Å². The third kappa shape index (κ3) is 3.64. The second-order valence-electron chi connectivity index (χ2n) is 6.92. The fourth-order valence-corrected chi connectivity index (χ4v) is 3.41. The highest BCUT2D eigenvalue weighted by Crippen LogP contribution is 2.33. The molecule has 0 fully saturated rings. The minimum absolute atomic E-state index is 0.339. The van der Waals surface area contributed by atoms with Crippen molar-refractivity contribution in [2.45, 2.75) is 12.2 Å². The number of fused-ring (bicyclic) bond motifs is 1. The molecule has 0 saturated heterocycles. The maximum Gasteiger partial charge on any atom is 0.416 e. The van der Waals surface area contributed by atoms with Crippen molar-refractivity contribution in [2.75, 3.05) is 5.32 Å². The largest absolute Gasteiger partial charge is 0.416 e. The van der Waals surface area contributed by atoms with E-state index in [-0.39, 0.29) is 0 Å². The Morgan fingerprint density at radius 3 is 2.53 bits per heavy atom. The normalized spacial score (nSPS) is 12.7. The zero-order valence-electron chi connectivity index (χ0n) is 16.3. The molecule has 0 aliphatic heterocycles. The molecule has 0 aliphatic rings. The van der Waals surface area contributed by atoms with E-state index in [1.165, 1.54) is 18.7 Å². The van der Waals surface area contributed by atoms with Gasteiger partial charge in [-0.3, -0.25) is 5.10 Å². The topological polar surface area (TPSA) is 97.2 Å². The van der Waals surface area contributed by atoms with Gasteiger partial charge in [-0.1, -0.05) is 30.3 Å². The van der Waals surface area contributed by atoms with E-state index in [2.05, 4.69) is 35.6 Å². The van der Waals surface area contributed by atoms with Gasteiger partial charge in [-0.2, -0.15) is 23.4 Å². The summed E-state index contributed by atoms with van der Waals surface area (Å²) >= 11 is 0. The Morgan fingerprint density at radius 2 is 1.78 bits per heavy atom. The van der Waals surface area contributed by atoms with Gasteiger partial charge in [0.05, 0.1) is 22.8 Å². The van der Waals surface area contributed by atoms with Crippen molar-refractivity contribution in [1.82, 2.24) is 34.9 Å². The molecule has 0 amide bonds. The van der Waals surface area contributed by atoms with Crippen LogP contribution in [0.15, 0.2) is 73.4 Å². The van der Waals surface area contributed by atoms with Gasteiger partial charge in [-0.25, -0.2) is 19.6 Å². The second kappa shape index (κ2) is 7.76. The number of anilines is 1. The molecule has 1 atom stereocenters. The van der Waals surface area contributed by atoms with E-state index in [1.807, 2.05) is 30.3 Å². The van der Waals surface area contributed by atoms with Crippen molar-refractivity contribution in [3.8, 4) is 5.69 Å². The third-order valence-corrected chi connectivity index (χ3v) is 4.90. The Kier molecular flexibility index (Phi) is 4.77. The number of para-hydroxylation sites is 1. The standard InChI is InChI=1S/C21H15F3N8/c22-21(23,24)14-6-4-5-13(9-14)17(19-26-12-28-31-19)30-18-16-10-29-32(20(16)27-11-25-18)15-7-2-1-3-8-15/h1-12,17H,(H,25,27,30)(H,26,28,31)/t17-/m1/s1. The number of H-pyrrole nitrogens is 1. The molecule has 32 heavy (non-hydrogen) atoms. The number of halogens is 3. The van der Waals surface area contributed by atoms with Crippen molar-refractivity contribution in [3.05, 3.63) is 90.4 Å². The molecule has 0 radical (unpaired) electrons. The maximum atomic E-state index is 13.3. The molecule has 0 unspecified atom stereocenters. The van der Waals surface area contributed by atoms with Crippen LogP contribution in [0, 0.1) is 0 Å². The minimum atomic E-state index is -4.47. The summed E-state index contributed by atoms with van der Waals surface area (Å²) in [5.74, 6) is 0.738. The first-order chi connectivity index (χ1) is 15.5. The summed E-state index contributed by atoms with van der Waals surface area (Å²) in [6.07, 6.45) is -0.203. The molecule has 3 heterocycles. The number of benzene rings is 2. The highest BCUT2D eigenvalue weighted by Gasteiger charge is 2.31. The zero-order valence-corrected chi connectivity index (χ0v) is 16.3. The lowest BCUT2D eigenvalue weighted by Crippen LogP contribution is -2.16. The molecule has 2 N–H and O–H groups in total. The van der Waals surface area contributed by atoms with Crippen LogP contribution in [0.2, 0.25) is 0 Å². The molecular weight excluding hydrogens is 421 g/mol. The fourth-order valence-electron chi connectivity index (χ4n) is 3.41. The third-order valence-electron chi connectivity index (χ3n) is 4.90. The van der Waals surface area contributed by atoms with Gasteiger partial charge >= 0.3 is 6.18 Å². The minimum Gasteiger partial charge on any atom is -0.355 e. The van der Waals surface area contributed by atoms with Gasteiger partial charge < -0.3 is 5.32 Å². The molecule has 2 aromatic carbocycles. The van der Waals surface area contributed by atoms with Gasteiger partial charge in [-0.15, -0.1) is 0 Å². The van der Waals surface area contributed by atoms with E-state index < -0.39 is 17.8 Å². The summed E-state index contributed by atoms with van der Waals surface area (Å²) in [5, 5.41) is 14.8. The van der Waals surface area contributed by atoms with Crippen molar-refractivity contribution >= 4 is 16.9 Å². The lowest BCUT2D eigenvalue weighted by molar-refractivity contribution is -0.137. The van der Waals surface area contributed by atoms with Crippen molar-refractivity contribution < 1.29 is 13.2 Å². The Bertz CT molecular complexity index is 1350. The summed E-state index contributed by atoms with van der Waals surface area (Å²) < 4.78 is 41.5. The Labute approximate surface area is 179 Å². The van der Waals surface area contributed by atoms with E-state index in [4.69, 9.17) is 0 Å². The molecule has 3 aromatic heterocycles. The molecule has 0 spiro atoms. The zero-order chi connectivity index (χ0) is 22.1. The van der Waals surface area contributed by atoms with Crippen LogP contribution in [0.25, 0.3) is 16.7 Å². The summed E-state index contributed by atoms with van der Waals surface area (Å²) in [4.78, 5) is 12.8. The summed E-state index contributed by atoms with van der Waals surface area (Å²) in [6, 6.07) is 13.7. The molecule has 0 bridgehead atoms. The SMILES string of the molecule is FC(F)(F)c1cccc([C@@H](Nc2ncnc3c2cnn3-c2ccccc2)c2ncn[nH]2)c1.